The van der Waals surface area contributed by atoms with E-state index in [0.29, 0.717) is 24.2 Å². The molecule has 0 aliphatic heterocycles. The second-order valence-electron chi connectivity index (χ2n) is 7.03. The van der Waals surface area contributed by atoms with E-state index in [1.54, 1.807) is 25.1 Å². The molecule has 2 aromatic carbocycles. The fraction of sp³-hybridized carbons (Fsp3) is 0.348. The van der Waals surface area contributed by atoms with Crippen LogP contribution in [0, 0.1) is 0 Å². The van der Waals surface area contributed by atoms with Crippen LogP contribution in [0.4, 0.5) is 0 Å². The van der Waals surface area contributed by atoms with Crippen molar-refractivity contribution in [2.75, 3.05) is 13.2 Å². The number of aliphatic hydroxyl groups excluding tert-OH is 1. The van der Waals surface area contributed by atoms with Gasteiger partial charge in [-0.2, -0.15) is 0 Å². The van der Waals surface area contributed by atoms with Gasteiger partial charge in [-0.15, -0.1) is 12.4 Å². The minimum Gasteiger partial charge on any atom is -0.463 e. The third kappa shape index (κ3) is 6.86. The van der Waals surface area contributed by atoms with Crippen LogP contribution in [0.3, 0.4) is 0 Å². The van der Waals surface area contributed by atoms with Gasteiger partial charge in [-0.05, 0) is 66.6 Å². The van der Waals surface area contributed by atoms with Crippen LogP contribution >= 0.6 is 24.0 Å². The summed E-state index contributed by atoms with van der Waals surface area (Å²) < 4.78 is 4.92. The first kappa shape index (κ1) is 23.4. The minimum atomic E-state index is -0.584. The van der Waals surface area contributed by atoms with E-state index >= 15 is 0 Å². The van der Waals surface area contributed by atoms with Gasteiger partial charge in [-0.1, -0.05) is 41.9 Å². The maximum Gasteiger partial charge on any atom is 0.330 e. The number of carbonyl (C=O) groups is 1. The number of aliphatic hydroxyl groups is 1. The lowest BCUT2D eigenvalue weighted by Gasteiger charge is -2.27. The lowest BCUT2D eigenvalue weighted by atomic mass is 9.87. The normalized spacial score (nSPS) is 16.7. The molecular weight excluding hydrogens is 409 g/mol. The Morgan fingerprint density at radius 1 is 1.31 bits per heavy atom. The SMILES string of the molecule is CCOC(=O)C=Cc1ccc2c(c1)C[C@@H](NC[C@H](O)c1cccc(Cl)c1)CC2.Cl. The van der Waals surface area contributed by atoms with E-state index in [1.165, 1.54) is 17.2 Å². The number of hydrogen-bond donors (Lipinski definition) is 2. The maximum absolute atomic E-state index is 11.5. The molecule has 29 heavy (non-hydrogen) atoms. The number of halogens is 2. The van der Waals surface area contributed by atoms with Crippen molar-refractivity contribution in [2.45, 2.75) is 38.3 Å². The molecule has 0 bridgehead atoms. The third-order valence-electron chi connectivity index (χ3n) is 4.99. The van der Waals surface area contributed by atoms with Crippen molar-refractivity contribution in [3.8, 4) is 0 Å². The first-order valence-electron chi connectivity index (χ1n) is 9.68. The predicted molar refractivity (Wildman–Crippen MR) is 120 cm³/mol. The van der Waals surface area contributed by atoms with Gasteiger partial charge in [0.05, 0.1) is 12.7 Å². The highest BCUT2D eigenvalue weighted by molar-refractivity contribution is 6.30. The summed E-state index contributed by atoms with van der Waals surface area (Å²) in [6.45, 7) is 2.66. The molecule has 0 radical (unpaired) electrons. The summed E-state index contributed by atoms with van der Waals surface area (Å²) >= 11 is 6.01. The highest BCUT2D eigenvalue weighted by atomic mass is 35.5. The number of benzene rings is 2. The second-order valence-corrected chi connectivity index (χ2v) is 7.47. The molecule has 0 spiro atoms. The van der Waals surface area contributed by atoms with Crippen molar-refractivity contribution >= 4 is 36.1 Å². The molecule has 0 heterocycles. The zero-order valence-electron chi connectivity index (χ0n) is 16.4. The van der Waals surface area contributed by atoms with Crippen molar-refractivity contribution in [3.05, 3.63) is 75.8 Å². The van der Waals surface area contributed by atoms with Crippen LogP contribution in [0.2, 0.25) is 5.02 Å². The summed E-state index contributed by atoms with van der Waals surface area (Å²) in [5, 5.41) is 14.5. The van der Waals surface area contributed by atoms with Crippen molar-refractivity contribution in [2.24, 2.45) is 0 Å². The Kier molecular flexibility index (Phi) is 9.18. The number of rotatable bonds is 7. The van der Waals surface area contributed by atoms with Gasteiger partial charge in [0.25, 0.3) is 0 Å². The third-order valence-corrected chi connectivity index (χ3v) is 5.23. The molecule has 0 saturated heterocycles. The van der Waals surface area contributed by atoms with E-state index in [0.717, 1.165) is 30.4 Å². The summed E-state index contributed by atoms with van der Waals surface area (Å²) in [6, 6.07) is 13.9. The maximum atomic E-state index is 11.5. The zero-order chi connectivity index (χ0) is 19.9. The Labute approximate surface area is 183 Å². The molecule has 0 aromatic heterocycles. The number of esters is 1. The van der Waals surface area contributed by atoms with Crippen molar-refractivity contribution in [1.29, 1.82) is 0 Å². The summed E-state index contributed by atoms with van der Waals surface area (Å²) in [5.41, 5.74) is 4.45. The predicted octanol–water partition coefficient (Wildman–Crippen LogP) is 4.52. The molecule has 0 fully saturated rings. The number of nitrogens with one attached hydrogen (secondary N) is 1. The Balaban J connectivity index is 0.00000300. The summed E-state index contributed by atoms with van der Waals surface area (Å²) in [4.78, 5) is 11.5. The number of fused-ring (bicyclic) bond motifs is 1. The van der Waals surface area contributed by atoms with E-state index < -0.39 is 6.10 Å². The van der Waals surface area contributed by atoms with Crippen molar-refractivity contribution < 1.29 is 14.6 Å². The van der Waals surface area contributed by atoms with Gasteiger partial charge in [-0.25, -0.2) is 4.79 Å². The molecule has 6 heteroatoms. The van der Waals surface area contributed by atoms with Crippen LogP contribution in [-0.2, 0) is 22.4 Å². The van der Waals surface area contributed by atoms with Crippen molar-refractivity contribution in [1.82, 2.24) is 5.32 Å². The van der Waals surface area contributed by atoms with Gasteiger partial charge >= 0.3 is 5.97 Å². The van der Waals surface area contributed by atoms with Crippen LogP contribution in [0.25, 0.3) is 6.08 Å². The van der Waals surface area contributed by atoms with E-state index in [-0.39, 0.29) is 18.4 Å². The Bertz CT molecular complexity index is 854. The molecular formula is C23H27Cl2NO3. The smallest absolute Gasteiger partial charge is 0.330 e. The quantitative estimate of drug-likeness (QED) is 0.495. The standard InChI is InChI=1S/C23H26ClNO3.ClH/c1-2-28-23(27)11-7-16-6-8-17-9-10-21(14-19(17)12-16)25-15-22(26)18-4-3-5-20(24)13-18;/h3-8,11-13,21-22,25-26H,2,9-10,14-15H2,1H3;1H/t21-,22-;/m0./s1. The fourth-order valence-electron chi connectivity index (χ4n) is 3.52. The molecule has 3 rings (SSSR count). The fourth-order valence-corrected chi connectivity index (χ4v) is 3.72. The van der Waals surface area contributed by atoms with Crippen LogP contribution in [0.1, 0.15) is 41.7 Å². The van der Waals surface area contributed by atoms with E-state index in [2.05, 4.69) is 17.4 Å². The van der Waals surface area contributed by atoms with E-state index in [1.807, 2.05) is 18.2 Å². The van der Waals surface area contributed by atoms with Crippen LogP contribution in [0.5, 0.6) is 0 Å². The topological polar surface area (TPSA) is 58.6 Å². The Morgan fingerprint density at radius 3 is 2.90 bits per heavy atom. The molecule has 1 aliphatic carbocycles. The van der Waals surface area contributed by atoms with Gasteiger partial charge in [0.1, 0.15) is 0 Å². The number of hydrogen-bond acceptors (Lipinski definition) is 4. The van der Waals surface area contributed by atoms with Crippen molar-refractivity contribution in [3.63, 3.8) is 0 Å². The second kappa shape index (κ2) is 11.4. The molecule has 2 atom stereocenters. The van der Waals surface area contributed by atoms with Gasteiger partial charge < -0.3 is 15.2 Å². The summed E-state index contributed by atoms with van der Waals surface area (Å²) in [6.07, 6.45) is 5.61. The molecule has 2 aromatic rings. The Hall–Kier alpha value is -1.85. The average Bonchev–Trinajstić information content (AvgIpc) is 2.70. The minimum absolute atomic E-state index is 0. The first-order chi connectivity index (χ1) is 13.5. The van der Waals surface area contributed by atoms with Gasteiger partial charge in [-0.3, -0.25) is 0 Å². The number of aryl methyl sites for hydroxylation is 1. The lowest BCUT2D eigenvalue weighted by Crippen LogP contribution is -2.37. The average molecular weight is 436 g/mol. The highest BCUT2D eigenvalue weighted by Gasteiger charge is 2.19. The van der Waals surface area contributed by atoms with Gasteiger partial charge in [0.15, 0.2) is 0 Å². The largest absolute Gasteiger partial charge is 0.463 e. The molecule has 0 amide bonds. The first-order valence-corrected chi connectivity index (χ1v) is 10.1. The summed E-state index contributed by atoms with van der Waals surface area (Å²) in [5.74, 6) is -0.324. The number of carbonyl (C=O) groups excluding carboxylic acids is 1. The van der Waals surface area contributed by atoms with E-state index in [4.69, 9.17) is 16.3 Å². The van der Waals surface area contributed by atoms with Gasteiger partial charge in [0.2, 0.25) is 0 Å². The monoisotopic (exact) mass is 435 g/mol. The molecule has 4 nitrogen and oxygen atoms in total. The van der Waals surface area contributed by atoms with Gasteiger partial charge in [0, 0.05) is 23.7 Å². The number of ether oxygens (including phenoxy) is 1. The highest BCUT2D eigenvalue weighted by Crippen LogP contribution is 2.24. The molecule has 0 unspecified atom stereocenters. The lowest BCUT2D eigenvalue weighted by molar-refractivity contribution is -0.137. The van der Waals surface area contributed by atoms with Crippen LogP contribution in [-0.4, -0.2) is 30.3 Å². The molecule has 156 valence electrons. The summed E-state index contributed by atoms with van der Waals surface area (Å²) in [7, 11) is 0. The Morgan fingerprint density at radius 2 is 2.14 bits per heavy atom. The molecule has 1 aliphatic rings. The zero-order valence-corrected chi connectivity index (χ0v) is 18.0. The van der Waals surface area contributed by atoms with Crippen LogP contribution < -0.4 is 5.32 Å². The van der Waals surface area contributed by atoms with Crippen LogP contribution in [0.15, 0.2) is 48.5 Å². The van der Waals surface area contributed by atoms with E-state index in [9.17, 15) is 9.90 Å². The molecule has 0 saturated carbocycles. The molecule has 2 N–H and O–H groups in total.